The highest BCUT2D eigenvalue weighted by molar-refractivity contribution is 7.99. The number of rotatable bonds is 9. The molecule has 0 radical (unpaired) electrons. The van der Waals surface area contributed by atoms with Crippen molar-refractivity contribution in [2.45, 2.75) is 30.4 Å². The first kappa shape index (κ1) is 23.7. The van der Waals surface area contributed by atoms with Crippen molar-refractivity contribution in [1.82, 2.24) is 19.5 Å². The number of aromatic nitrogens is 3. The van der Waals surface area contributed by atoms with Crippen molar-refractivity contribution in [3.8, 4) is 5.69 Å². The third-order valence-corrected chi connectivity index (χ3v) is 7.23. The number of amides is 1. The van der Waals surface area contributed by atoms with Gasteiger partial charge < -0.3 is 9.73 Å². The number of hydrogen-bond donors (Lipinski definition) is 2. The van der Waals surface area contributed by atoms with Gasteiger partial charge in [-0.1, -0.05) is 29.5 Å². The van der Waals surface area contributed by atoms with Crippen LogP contribution in [0.15, 0.2) is 81.4 Å². The van der Waals surface area contributed by atoms with Crippen molar-refractivity contribution in [1.29, 1.82) is 0 Å². The van der Waals surface area contributed by atoms with E-state index in [0.717, 1.165) is 17.1 Å². The lowest BCUT2D eigenvalue weighted by Crippen LogP contribution is -2.23. The Morgan fingerprint density at radius 3 is 2.44 bits per heavy atom. The maximum atomic E-state index is 12.5. The highest BCUT2D eigenvalue weighted by Gasteiger charge is 2.16. The summed E-state index contributed by atoms with van der Waals surface area (Å²) in [6.07, 6.45) is 1.48. The molecule has 0 aliphatic rings. The van der Waals surface area contributed by atoms with Gasteiger partial charge in [0.2, 0.25) is 15.9 Å². The van der Waals surface area contributed by atoms with Gasteiger partial charge in [-0.25, -0.2) is 13.1 Å². The van der Waals surface area contributed by atoms with Gasteiger partial charge in [0.25, 0.3) is 0 Å². The molecule has 9 nitrogen and oxygen atoms in total. The fraction of sp³-hybridized carbons (Fsp3) is 0.174. The van der Waals surface area contributed by atoms with E-state index in [1.54, 1.807) is 24.3 Å². The standard InChI is InChI=1S/C23H23N5O4S2/c1-16-5-9-19(10-6-16)28-17(2)26-27-23(28)33-15-22(29)25-18-7-11-21(12-8-18)34(30,31)24-14-20-4-3-13-32-20/h3-13,24H,14-15H2,1-2H3,(H,25,29). The van der Waals surface area contributed by atoms with Gasteiger partial charge in [-0.2, -0.15) is 0 Å². The summed E-state index contributed by atoms with van der Waals surface area (Å²) in [5, 5.41) is 11.7. The van der Waals surface area contributed by atoms with Gasteiger partial charge >= 0.3 is 0 Å². The van der Waals surface area contributed by atoms with Crippen LogP contribution < -0.4 is 10.0 Å². The third kappa shape index (κ3) is 5.74. The van der Waals surface area contributed by atoms with E-state index < -0.39 is 10.0 Å². The van der Waals surface area contributed by atoms with Crippen LogP contribution in [-0.2, 0) is 21.4 Å². The van der Waals surface area contributed by atoms with E-state index in [-0.39, 0.29) is 23.1 Å². The first-order valence-electron chi connectivity index (χ1n) is 10.4. The first-order chi connectivity index (χ1) is 16.3. The van der Waals surface area contributed by atoms with Crippen molar-refractivity contribution in [3.63, 3.8) is 0 Å². The monoisotopic (exact) mass is 497 g/mol. The van der Waals surface area contributed by atoms with Crippen molar-refractivity contribution in [2.75, 3.05) is 11.1 Å². The van der Waals surface area contributed by atoms with Gasteiger partial charge in [0.15, 0.2) is 5.16 Å². The Kier molecular flexibility index (Phi) is 7.15. The Morgan fingerprint density at radius 1 is 1.03 bits per heavy atom. The number of sulfonamides is 1. The minimum Gasteiger partial charge on any atom is -0.468 e. The summed E-state index contributed by atoms with van der Waals surface area (Å²) in [7, 11) is -3.70. The molecule has 4 aromatic rings. The minimum absolute atomic E-state index is 0.0533. The molecule has 0 saturated carbocycles. The van der Waals surface area contributed by atoms with Crippen LogP contribution in [0.2, 0.25) is 0 Å². The van der Waals surface area contributed by atoms with Crippen LogP contribution in [0.5, 0.6) is 0 Å². The predicted octanol–water partition coefficient (Wildman–Crippen LogP) is 3.69. The quantitative estimate of drug-likeness (QED) is 0.339. The summed E-state index contributed by atoms with van der Waals surface area (Å²) >= 11 is 1.27. The summed E-state index contributed by atoms with van der Waals surface area (Å²) in [5.74, 6) is 1.12. The number of aryl methyl sites for hydroxylation is 2. The van der Waals surface area contributed by atoms with Crippen LogP contribution in [0, 0.1) is 13.8 Å². The number of nitrogens with one attached hydrogen (secondary N) is 2. The van der Waals surface area contributed by atoms with Crippen LogP contribution in [0.1, 0.15) is 17.1 Å². The topological polar surface area (TPSA) is 119 Å². The number of nitrogens with zero attached hydrogens (tertiary/aromatic N) is 3. The average Bonchev–Trinajstić information content (AvgIpc) is 3.47. The lowest BCUT2D eigenvalue weighted by molar-refractivity contribution is -0.113. The van der Waals surface area contributed by atoms with Crippen LogP contribution in [0.3, 0.4) is 0 Å². The number of carbonyl (C=O) groups is 1. The summed E-state index contributed by atoms with van der Waals surface area (Å²) in [6, 6.07) is 17.3. The molecule has 0 unspecified atom stereocenters. The van der Waals surface area contributed by atoms with Crippen molar-refractivity contribution in [3.05, 3.63) is 84.1 Å². The third-order valence-electron chi connectivity index (χ3n) is 4.88. The second kappa shape index (κ2) is 10.2. The number of benzene rings is 2. The van der Waals surface area contributed by atoms with E-state index in [0.29, 0.717) is 16.6 Å². The number of thioether (sulfide) groups is 1. The second-order valence-corrected chi connectivity index (χ2v) is 10.2. The zero-order chi connectivity index (χ0) is 24.1. The highest BCUT2D eigenvalue weighted by Crippen LogP contribution is 2.22. The summed E-state index contributed by atoms with van der Waals surface area (Å²) in [4.78, 5) is 12.6. The van der Waals surface area contributed by atoms with Gasteiger partial charge in [0.1, 0.15) is 11.6 Å². The molecule has 4 rings (SSSR count). The number of anilines is 1. The summed E-state index contributed by atoms with van der Waals surface area (Å²) in [6.45, 7) is 3.93. The molecule has 0 bridgehead atoms. The molecule has 2 aromatic carbocycles. The van der Waals surface area contributed by atoms with Crippen molar-refractivity contribution in [2.24, 2.45) is 0 Å². The van der Waals surface area contributed by atoms with Gasteiger partial charge in [0, 0.05) is 11.4 Å². The molecule has 2 heterocycles. The Morgan fingerprint density at radius 2 is 1.76 bits per heavy atom. The molecular weight excluding hydrogens is 474 g/mol. The SMILES string of the molecule is Cc1ccc(-n2c(C)nnc2SCC(=O)Nc2ccc(S(=O)(=O)NCc3ccco3)cc2)cc1. The van der Waals surface area contributed by atoms with E-state index >= 15 is 0 Å². The van der Waals surface area contributed by atoms with E-state index in [1.807, 2.05) is 42.7 Å². The van der Waals surface area contributed by atoms with E-state index in [2.05, 4.69) is 20.2 Å². The molecule has 11 heteroatoms. The highest BCUT2D eigenvalue weighted by atomic mass is 32.2. The molecule has 1 amide bonds. The minimum atomic E-state index is -3.70. The van der Waals surface area contributed by atoms with Crippen LogP contribution in [0.4, 0.5) is 5.69 Å². The first-order valence-corrected chi connectivity index (χ1v) is 12.8. The Balaban J connectivity index is 1.35. The van der Waals surface area contributed by atoms with Crippen LogP contribution in [-0.4, -0.2) is 34.8 Å². The fourth-order valence-corrected chi connectivity index (χ4v) is 4.93. The smallest absolute Gasteiger partial charge is 0.240 e. The van der Waals surface area contributed by atoms with Crippen molar-refractivity contribution >= 4 is 33.4 Å². The molecule has 0 aliphatic heterocycles. The molecule has 0 fully saturated rings. The van der Waals surface area contributed by atoms with Crippen LogP contribution >= 0.6 is 11.8 Å². The number of hydrogen-bond acceptors (Lipinski definition) is 7. The second-order valence-electron chi connectivity index (χ2n) is 7.47. The fourth-order valence-electron chi connectivity index (χ4n) is 3.13. The van der Waals surface area contributed by atoms with E-state index in [4.69, 9.17) is 4.42 Å². The molecule has 0 atom stereocenters. The van der Waals surface area contributed by atoms with Gasteiger partial charge in [-0.15, -0.1) is 10.2 Å². The Labute approximate surface area is 201 Å². The lowest BCUT2D eigenvalue weighted by atomic mass is 10.2. The summed E-state index contributed by atoms with van der Waals surface area (Å²) < 4.78 is 34.4. The lowest BCUT2D eigenvalue weighted by Gasteiger charge is -2.10. The molecule has 0 saturated heterocycles. The molecule has 34 heavy (non-hydrogen) atoms. The Bertz CT molecular complexity index is 1360. The zero-order valence-electron chi connectivity index (χ0n) is 18.6. The number of furan rings is 1. The molecule has 176 valence electrons. The van der Waals surface area contributed by atoms with Gasteiger partial charge in [-0.3, -0.25) is 9.36 Å². The Hall–Kier alpha value is -3.41. The van der Waals surface area contributed by atoms with Gasteiger partial charge in [-0.05, 0) is 62.4 Å². The molecule has 0 aliphatic carbocycles. The summed E-state index contributed by atoms with van der Waals surface area (Å²) in [5.41, 5.74) is 2.57. The maximum absolute atomic E-state index is 12.5. The maximum Gasteiger partial charge on any atom is 0.240 e. The molecule has 2 N–H and O–H groups in total. The average molecular weight is 498 g/mol. The van der Waals surface area contributed by atoms with E-state index in [1.165, 1.54) is 30.2 Å². The molecular formula is C23H23N5O4S2. The van der Waals surface area contributed by atoms with Crippen molar-refractivity contribution < 1.29 is 17.6 Å². The van der Waals surface area contributed by atoms with Crippen LogP contribution in [0.25, 0.3) is 5.69 Å². The largest absolute Gasteiger partial charge is 0.468 e. The number of carbonyl (C=O) groups excluding carboxylic acids is 1. The predicted molar refractivity (Wildman–Crippen MR) is 129 cm³/mol. The zero-order valence-corrected chi connectivity index (χ0v) is 20.2. The molecule has 0 spiro atoms. The molecule has 2 aromatic heterocycles. The normalized spacial score (nSPS) is 11.5. The van der Waals surface area contributed by atoms with E-state index in [9.17, 15) is 13.2 Å². The van der Waals surface area contributed by atoms with Gasteiger partial charge in [0.05, 0.1) is 23.5 Å².